The number of carboxylic acids is 1. The monoisotopic (exact) mass is 623 g/mol. The first-order valence-corrected chi connectivity index (χ1v) is 14.6. The molecule has 13 nitrogen and oxygen atoms in total. The quantitative estimate of drug-likeness (QED) is 0.145. The number of carbonyl (C=O) groups is 3. The molecule has 5 rings (SSSR count). The number of nitro benzene ring substituents is 1. The van der Waals surface area contributed by atoms with Crippen molar-refractivity contribution in [2.24, 2.45) is 0 Å². The van der Waals surface area contributed by atoms with E-state index in [4.69, 9.17) is 20.8 Å². The molecule has 3 aromatic rings. The highest BCUT2D eigenvalue weighted by atomic mass is 35.5. The van der Waals surface area contributed by atoms with Crippen LogP contribution in [0.2, 0.25) is 5.02 Å². The van der Waals surface area contributed by atoms with Gasteiger partial charge in [-0.15, -0.1) is 22.0 Å². The largest absolute Gasteiger partial charge is 0.484 e. The van der Waals surface area contributed by atoms with Gasteiger partial charge >= 0.3 is 5.97 Å². The summed E-state index contributed by atoms with van der Waals surface area (Å²) in [5, 5.41) is 31.6. The van der Waals surface area contributed by atoms with E-state index in [0.717, 1.165) is 11.1 Å². The average Bonchev–Trinajstić information content (AvgIpc) is 3.57. The molecule has 0 radical (unpaired) electrons. The number of hydrogen-bond acceptors (Lipinski definition) is 12. The van der Waals surface area contributed by atoms with Crippen molar-refractivity contribution in [2.45, 2.75) is 29.3 Å². The molecule has 2 aliphatic heterocycles. The number of nitrogens with zero attached hydrogens (tertiary/aromatic N) is 4. The third-order valence-electron chi connectivity index (χ3n) is 5.80. The number of benzene rings is 1. The number of amides is 2. The molecule has 2 atom stereocenters. The number of aromatic nitrogens is 2. The van der Waals surface area contributed by atoms with Crippen LogP contribution in [0.4, 0.5) is 5.69 Å². The predicted molar refractivity (Wildman–Crippen MR) is 146 cm³/mol. The van der Waals surface area contributed by atoms with E-state index in [1.54, 1.807) is 0 Å². The minimum Gasteiger partial charge on any atom is -0.484 e. The molecule has 0 bridgehead atoms. The number of non-ortho nitro benzene ring substituents is 1. The number of aliphatic carboxylic acids is 1. The number of rotatable bonds is 10. The normalized spacial score (nSPS) is 18.2. The van der Waals surface area contributed by atoms with Gasteiger partial charge in [-0.3, -0.25) is 24.6 Å². The van der Waals surface area contributed by atoms with Crippen LogP contribution in [0.5, 0.6) is 5.75 Å². The van der Waals surface area contributed by atoms with Crippen molar-refractivity contribution in [2.75, 3.05) is 11.5 Å². The maximum atomic E-state index is 12.9. The van der Waals surface area contributed by atoms with Gasteiger partial charge in [0.15, 0.2) is 10.1 Å². The van der Waals surface area contributed by atoms with Crippen molar-refractivity contribution in [3.05, 3.63) is 73.3 Å². The standard InChI is InChI=1S/C23H18ClN5O8S3/c1-10-26-27-23(40-10)39-9-11-8-38-21-17(20(31)28(21)18(11)22(32)33)25-19(30)16-5-3-13(37-16)7-36-15-4-2-12(29(34)35)6-14(15)24/h2-6,17,21H,7-9H2,1H3,(H,25,30)(H,32,33)/t17-,21+/m0/s1. The van der Waals surface area contributed by atoms with Gasteiger partial charge in [-0.25, -0.2) is 4.79 Å². The van der Waals surface area contributed by atoms with Crippen molar-refractivity contribution < 1.29 is 33.6 Å². The molecule has 2 N–H and O–H groups in total. The molecule has 17 heteroatoms. The molecule has 1 fully saturated rings. The van der Waals surface area contributed by atoms with Gasteiger partial charge in [0.05, 0.1) is 9.95 Å². The first-order chi connectivity index (χ1) is 19.1. The maximum Gasteiger partial charge on any atom is 0.352 e. The van der Waals surface area contributed by atoms with E-state index in [2.05, 4.69) is 15.5 Å². The summed E-state index contributed by atoms with van der Waals surface area (Å²) in [5.74, 6) is -1.26. The fourth-order valence-electron chi connectivity index (χ4n) is 3.94. The Morgan fingerprint density at radius 1 is 1.35 bits per heavy atom. The molecule has 0 saturated carbocycles. The first kappa shape index (κ1) is 27.9. The van der Waals surface area contributed by atoms with E-state index in [1.165, 1.54) is 64.0 Å². The minimum absolute atomic E-state index is 0.0450. The van der Waals surface area contributed by atoms with Crippen molar-refractivity contribution in [1.29, 1.82) is 0 Å². The molecule has 1 aromatic carbocycles. The predicted octanol–water partition coefficient (Wildman–Crippen LogP) is 3.72. The highest BCUT2D eigenvalue weighted by molar-refractivity contribution is 8.01. The third kappa shape index (κ3) is 5.65. The summed E-state index contributed by atoms with van der Waals surface area (Å²) in [5.41, 5.74) is 0.336. The van der Waals surface area contributed by atoms with Crippen molar-refractivity contribution in [3.8, 4) is 5.75 Å². The molecule has 0 aliphatic carbocycles. The van der Waals surface area contributed by atoms with E-state index >= 15 is 0 Å². The average molecular weight is 624 g/mol. The van der Waals surface area contributed by atoms with Crippen LogP contribution in [-0.4, -0.2) is 65.8 Å². The van der Waals surface area contributed by atoms with Gasteiger partial charge in [-0.1, -0.05) is 34.7 Å². The number of β-lactam (4-membered cyclic amide) rings is 1. The van der Waals surface area contributed by atoms with Crippen LogP contribution >= 0.6 is 46.5 Å². The van der Waals surface area contributed by atoms with Gasteiger partial charge in [-0.05, 0) is 30.7 Å². The number of nitro groups is 1. The number of thioether (sulfide) groups is 2. The highest BCUT2D eigenvalue weighted by Gasteiger charge is 2.54. The Kier molecular flexibility index (Phi) is 8.02. The summed E-state index contributed by atoms with van der Waals surface area (Å²) in [6.07, 6.45) is 0. The zero-order chi connectivity index (χ0) is 28.6. The number of furan rings is 1. The summed E-state index contributed by atoms with van der Waals surface area (Å²) < 4.78 is 11.8. The summed E-state index contributed by atoms with van der Waals surface area (Å²) in [4.78, 5) is 49.3. The van der Waals surface area contributed by atoms with Crippen LogP contribution in [0.1, 0.15) is 21.3 Å². The molecule has 2 aromatic heterocycles. The zero-order valence-electron chi connectivity index (χ0n) is 20.4. The van der Waals surface area contributed by atoms with Gasteiger partial charge < -0.3 is 19.6 Å². The van der Waals surface area contributed by atoms with E-state index in [9.17, 15) is 29.6 Å². The lowest BCUT2D eigenvalue weighted by molar-refractivity contribution is -0.384. The number of nitrogens with one attached hydrogen (secondary N) is 1. The molecular weight excluding hydrogens is 606 g/mol. The Morgan fingerprint density at radius 3 is 2.83 bits per heavy atom. The SMILES string of the molecule is Cc1nnc(SCC2=C(C(=O)O)N3C(=O)[C@H](NC(=O)c4ccc(COc5ccc([N+](=O)[O-])cc5Cl)o4)[C@H]3SC2)s1. The van der Waals surface area contributed by atoms with Crippen LogP contribution in [0.25, 0.3) is 0 Å². The van der Waals surface area contributed by atoms with Crippen LogP contribution < -0.4 is 10.1 Å². The van der Waals surface area contributed by atoms with Crippen LogP contribution in [0.3, 0.4) is 0 Å². The molecule has 208 valence electrons. The number of carbonyl (C=O) groups excluding carboxylic acids is 2. The second kappa shape index (κ2) is 11.5. The molecule has 1 saturated heterocycles. The highest BCUT2D eigenvalue weighted by Crippen LogP contribution is 2.42. The van der Waals surface area contributed by atoms with Gasteiger partial charge in [0, 0.05) is 23.6 Å². The Hall–Kier alpha value is -3.60. The Bertz CT molecular complexity index is 1560. The Labute approximate surface area is 243 Å². The van der Waals surface area contributed by atoms with Crippen LogP contribution in [-0.2, 0) is 16.2 Å². The number of halogens is 1. The molecule has 2 aliphatic rings. The first-order valence-electron chi connectivity index (χ1n) is 11.4. The smallest absolute Gasteiger partial charge is 0.352 e. The number of carboxylic acid groups (broad SMARTS) is 1. The second-order valence-electron chi connectivity index (χ2n) is 8.42. The van der Waals surface area contributed by atoms with Crippen LogP contribution in [0.15, 0.2) is 50.4 Å². The van der Waals surface area contributed by atoms with Gasteiger partial charge in [0.25, 0.3) is 17.5 Å². The summed E-state index contributed by atoms with van der Waals surface area (Å²) >= 11 is 10.1. The van der Waals surface area contributed by atoms with E-state index < -0.39 is 34.1 Å². The van der Waals surface area contributed by atoms with Crippen molar-refractivity contribution in [1.82, 2.24) is 20.4 Å². The minimum atomic E-state index is -1.21. The van der Waals surface area contributed by atoms with Gasteiger partial charge in [0.2, 0.25) is 0 Å². The lowest BCUT2D eigenvalue weighted by Gasteiger charge is -2.49. The topological polar surface area (TPSA) is 178 Å². The zero-order valence-corrected chi connectivity index (χ0v) is 23.6. The summed E-state index contributed by atoms with van der Waals surface area (Å²) in [7, 11) is 0. The molecule has 2 amide bonds. The van der Waals surface area contributed by atoms with Crippen LogP contribution in [0, 0.1) is 17.0 Å². The lowest BCUT2D eigenvalue weighted by Crippen LogP contribution is -2.70. The molecular formula is C23H18ClN5O8S3. The fraction of sp³-hybridized carbons (Fsp3) is 0.261. The Balaban J connectivity index is 1.19. The van der Waals surface area contributed by atoms with Gasteiger partial charge in [-0.2, -0.15) is 0 Å². The van der Waals surface area contributed by atoms with Gasteiger partial charge in [0.1, 0.15) is 40.2 Å². The number of aryl methyl sites for hydroxylation is 1. The molecule has 0 unspecified atom stereocenters. The molecule has 4 heterocycles. The summed E-state index contributed by atoms with van der Waals surface area (Å²) in [6.45, 7) is 1.72. The maximum absolute atomic E-state index is 12.9. The molecule has 0 spiro atoms. The number of fused-ring (bicyclic) bond motifs is 1. The molecule has 40 heavy (non-hydrogen) atoms. The fourth-order valence-corrected chi connectivity index (χ4v) is 7.47. The number of ether oxygens (including phenoxy) is 1. The van der Waals surface area contributed by atoms with Crippen molar-refractivity contribution in [3.63, 3.8) is 0 Å². The third-order valence-corrected chi connectivity index (χ3v) is 9.49. The van der Waals surface area contributed by atoms with Crippen molar-refractivity contribution >= 4 is 69.9 Å². The summed E-state index contributed by atoms with van der Waals surface area (Å²) in [6, 6.07) is 5.76. The van der Waals surface area contributed by atoms with E-state index in [-0.39, 0.29) is 40.3 Å². The van der Waals surface area contributed by atoms with E-state index in [0.29, 0.717) is 21.4 Å². The number of hydrogen-bond donors (Lipinski definition) is 2. The van der Waals surface area contributed by atoms with E-state index in [1.807, 2.05) is 6.92 Å². The Morgan fingerprint density at radius 2 is 2.15 bits per heavy atom. The lowest BCUT2D eigenvalue weighted by atomic mass is 10.0. The second-order valence-corrected chi connectivity index (χ2v) is 12.3.